The van der Waals surface area contributed by atoms with Crippen LogP contribution in [0.25, 0.3) is 0 Å². The Morgan fingerprint density at radius 3 is 2.76 bits per heavy atom. The highest BCUT2D eigenvalue weighted by Gasteiger charge is 2.26. The zero-order chi connectivity index (χ0) is 12.3. The van der Waals surface area contributed by atoms with Crippen molar-refractivity contribution < 1.29 is 4.79 Å². The molecular weight excluding hydrogens is 232 g/mol. The molecule has 94 valence electrons. The quantitative estimate of drug-likeness (QED) is 0.896. The summed E-state index contributed by atoms with van der Waals surface area (Å²) in [6, 6.07) is 2.38. The summed E-state index contributed by atoms with van der Waals surface area (Å²) in [6.07, 6.45) is 3.88. The highest BCUT2D eigenvalue weighted by Crippen LogP contribution is 2.25. The fraction of sp³-hybridized carbons (Fsp3) is 0.615. The first kappa shape index (κ1) is 12.6. The summed E-state index contributed by atoms with van der Waals surface area (Å²) >= 11 is 1.67. The summed E-state index contributed by atoms with van der Waals surface area (Å²) in [4.78, 5) is 14.1. The normalized spacial score (nSPS) is 24.6. The van der Waals surface area contributed by atoms with Gasteiger partial charge in [0.2, 0.25) is 5.91 Å². The van der Waals surface area contributed by atoms with Crippen molar-refractivity contribution in [3.8, 4) is 0 Å². The van der Waals surface area contributed by atoms with E-state index in [1.54, 1.807) is 11.3 Å². The molecule has 0 radical (unpaired) electrons. The summed E-state index contributed by atoms with van der Waals surface area (Å²) < 4.78 is 0. The van der Waals surface area contributed by atoms with Crippen molar-refractivity contribution in [3.63, 3.8) is 0 Å². The van der Waals surface area contributed by atoms with Gasteiger partial charge in [-0.05, 0) is 48.1 Å². The van der Waals surface area contributed by atoms with E-state index < -0.39 is 0 Å². The van der Waals surface area contributed by atoms with Crippen LogP contribution in [0.1, 0.15) is 31.2 Å². The van der Waals surface area contributed by atoms with Crippen molar-refractivity contribution in [2.24, 2.45) is 11.7 Å². The van der Waals surface area contributed by atoms with Gasteiger partial charge in [0.1, 0.15) is 0 Å². The lowest BCUT2D eigenvalue weighted by Gasteiger charge is -2.28. The third-order valence-electron chi connectivity index (χ3n) is 3.50. The molecule has 0 aliphatic heterocycles. The summed E-state index contributed by atoms with van der Waals surface area (Å²) in [6.45, 7) is 0.727. The molecule has 2 N–H and O–H groups in total. The number of amides is 1. The van der Waals surface area contributed by atoms with Crippen LogP contribution in [0.3, 0.4) is 0 Å². The van der Waals surface area contributed by atoms with Crippen LogP contribution in [-0.4, -0.2) is 23.9 Å². The number of carbonyl (C=O) groups excluding carboxylic acids is 1. The summed E-state index contributed by atoms with van der Waals surface area (Å²) in [7, 11) is 1.90. The third kappa shape index (κ3) is 3.30. The molecule has 1 heterocycles. The smallest absolute Gasteiger partial charge is 0.225 e. The standard InChI is InChI=1S/C13H20N2OS/c1-15(8-10-6-7-17-9-10)13(16)11-2-4-12(14)5-3-11/h6-7,9,11-12H,2-5,8,14H2,1H3. The zero-order valence-corrected chi connectivity index (χ0v) is 11.1. The lowest BCUT2D eigenvalue weighted by Crippen LogP contribution is -2.37. The fourth-order valence-electron chi connectivity index (χ4n) is 2.41. The summed E-state index contributed by atoms with van der Waals surface area (Å²) in [5.74, 6) is 0.474. The second kappa shape index (κ2) is 5.65. The van der Waals surface area contributed by atoms with Gasteiger partial charge in [-0.3, -0.25) is 4.79 Å². The molecule has 1 amide bonds. The lowest BCUT2D eigenvalue weighted by molar-refractivity contribution is -0.135. The van der Waals surface area contributed by atoms with E-state index in [0.717, 1.165) is 32.2 Å². The Labute approximate surface area is 107 Å². The minimum atomic E-state index is 0.193. The van der Waals surface area contributed by atoms with Gasteiger partial charge in [0.25, 0.3) is 0 Å². The van der Waals surface area contributed by atoms with Crippen LogP contribution in [0.15, 0.2) is 16.8 Å². The molecule has 1 fully saturated rings. The average Bonchev–Trinajstić information content (AvgIpc) is 2.82. The molecule has 4 heteroatoms. The van der Waals surface area contributed by atoms with Gasteiger partial charge in [0.05, 0.1) is 0 Å². The Bertz CT molecular complexity index is 356. The van der Waals surface area contributed by atoms with Gasteiger partial charge in [-0.2, -0.15) is 11.3 Å². The highest BCUT2D eigenvalue weighted by atomic mass is 32.1. The van der Waals surface area contributed by atoms with Crippen LogP contribution < -0.4 is 5.73 Å². The predicted octanol–water partition coefficient (Wildman–Crippen LogP) is 2.22. The number of hydrogen-bond donors (Lipinski definition) is 1. The van der Waals surface area contributed by atoms with Gasteiger partial charge in [0, 0.05) is 25.6 Å². The van der Waals surface area contributed by atoms with Gasteiger partial charge < -0.3 is 10.6 Å². The first-order valence-electron chi connectivity index (χ1n) is 6.18. The molecule has 1 aromatic rings. The second-order valence-corrected chi connectivity index (χ2v) is 5.72. The molecule has 2 rings (SSSR count). The van der Waals surface area contributed by atoms with E-state index in [0.29, 0.717) is 6.04 Å². The van der Waals surface area contributed by atoms with Crippen molar-refractivity contribution in [2.45, 2.75) is 38.3 Å². The van der Waals surface area contributed by atoms with Crippen molar-refractivity contribution in [3.05, 3.63) is 22.4 Å². The largest absolute Gasteiger partial charge is 0.341 e. The SMILES string of the molecule is CN(Cc1ccsc1)C(=O)C1CCC(N)CC1. The van der Waals surface area contributed by atoms with E-state index >= 15 is 0 Å². The van der Waals surface area contributed by atoms with Crippen molar-refractivity contribution in [2.75, 3.05) is 7.05 Å². The number of rotatable bonds is 3. The van der Waals surface area contributed by atoms with Crippen molar-refractivity contribution in [1.82, 2.24) is 4.90 Å². The van der Waals surface area contributed by atoms with Gasteiger partial charge in [0.15, 0.2) is 0 Å². The van der Waals surface area contributed by atoms with E-state index in [4.69, 9.17) is 5.73 Å². The lowest BCUT2D eigenvalue weighted by atomic mass is 9.85. The van der Waals surface area contributed by atoms with E-state index in [1.807, 2.05) is 17.3 Å². The van der Waals surface area contributed by atoms with Gasteiger partial charge in [-0.25, -0.2) is 0 Å². The van der Waals surface area contributed by atoms with Gasteiger partial charge >= 0.3 is 0 Å². The molecule has 0 unspecified atom stereocenters. The Kier molecular flexibility index (Phi) is 4.18. The molecule has 3 nitrogen and oxygen atoms in total. The number of nitrogens with zero attached hydrogens (tertiary/aromatic N) is 1. The van der Waals surface area contributed by atoms with E-state index in [1.165, 1.54) is 5.56 Å². The summed E-state index contributed by atoms with van der Waals surface area (Å²) in [5, 5.41) is 4.15. The highest BCUT2D eigenvalue weighted by molar-refractivity contribution is 7.07. The van der Waals surface area contributed by atoms with Crippen LogP contribution >= 0.6 is 11.3 Å². The Morgan fingerprint density at radius 2 is 2.18 bits per heavy atom. The first-order valence-corrected chi connectivity index (χ1v) is 7.12. The maximum atomic E-state index is 12.2. The van der Waals surface area contributed by atoms with E-state index in [-0.39, 0.29) is 11.8 Å². The van der Waals surface area contributed by atoms with E-state index in [2.05, 4.69) is 11.4 Å². The molecule has 1 aromatic heterocycles. The summed E-state index contributed by atoms with van der Waals surface area (Å²) in [5.41, 5.74) is 7.08. The average molecular weight is 252 g/mol. The van der Waals surface area contributed by atoms with Crippen LogP contribution in [0.2, 0.25) is 0 Å². The van der Waals surface area contributed by atoms with Crippen LogP contribution in [0.5, 0.6) is 0 Å². The minimum Gasteiger partial charge on any atom is -0.341 e. The molecule has 0 aromatic carbocycles. The van der Waals surface area contributed by atoms with Crippen LogP contribution in [0.4, 0.5) is 0 Å². The van der Waals surface area contributed by atoms with Gasteiger partial charge in [-0.15, -0.1) is 0 Å². The molecule has 0 saturated heterocycles. The van der Waals surface area contributed by atoms with Crippen molar-refractivity contribution in [1.29, 1.82) is 0 Å². The van der Waals surface area contributed by atoms with E-state index in [9.17, 15) is 4.79 Å². The van der Waals surface area contributed by atoms with Crippen molar-refractivity contribution >= 4 is 17.2 Å². The zero-order valence-electron chi connectivity index (χ0n) is 10.3. The monoisotopic (exact) mass is 252 g/mol. The second-order valence-electron chi connectivity index (χ2n) is 4.94. The molecule has 0 atom stereocenters. The molecule has 0 spiro atoms. The Balaban J connectivity index is 1.86. The first-order chi connectivity index (χ1) is 8.16. The Morgan fingerprint density at radius 1 is 1.47 bits per heavy atom. The van der Waals surface area contributed by atoms with Crippen LogP contribution in [0, 0.1) is 5.92 Å². The number of carbonyl (C=O) groups is 1. The molecule has 17 heavy (non-hydrogen) atoms. The molecule has 1 aliphatic carbocycles. The van der Waals surface area contributed by atoms with Gasteiger partial charge in [-0.1, -0.05) is 0 Å². The molecule has 1 aliphatic rings. The molecule has 1 saturated carbocycles. The molecule has 0 bridgehead atoms. The fourth-order valence-corrected chi connectivity index (χ4v) is 3.07. The Hall–Kier alpha value is -0.870. The maximum absolute atomic E-state index is 12.2. The number of thiophene rings is 1. The van der Waals surface area contributed by atoms with Crippen LogP contribution in [-0.2, 0) is 11.3 Å². The number of hydrogen-bond acceptors (Lipinski definition) is 3. The topological polar surface area (TPSA) is 46.3 Å². The predicted molar refractivity (Wildman–Crippen MR) is 70.7 cm³/mol. The minimum absolute atomic E-state index is 0.193. The maximum Gasteiger partial charge on any atom is 0.225 e. The number of nitrogens with two attached hydrogens (primary N) is 1. The third-order valence-corrected chi connectivity index (χ3v) is 4.23. The molecular formula is C13H20N2OS.